The molecule has 0 heterocycles. The lowest BCUT2D eigenvalue weighted by molar-refractivity contribution is -0.140. The lowest BCUT2D eigenvalue weighted by Gasteiger charge is -2.34. The number of amides is 2. The first-order valence-electron chi connectivity index (χ1n) is 14.5. The van der Waals surface area contributed by atoms with Gasteiger partial charge in [0, 0.05) is 40.1 Å². The molecule has 0 saturated heterocycles. The zero-order valence-electron chi connectivity index (χ0n) is 24.7. The Labute approximate surface area is 279 Å². The molecule has 0 fully saturated rings. The van der Waals surface area contributed by atoms with Crippen LogP contribution in [0.3, 0.4) is 0 Å². The Morgan fingerprint density at radius 1 is 0.800 bits per heavy atom. The van der Waals surface area contributed by atoms with Gasteiger partial charge >= 0.3 is 0 Å². The molecular formula is C34H34Cl3N3O4S. The number of nitrogens with one attached hydrogen (secondary N) is 1. The highest BCUT2D eigenvalue weighted by Gasteiger charge is 2.35. The van der Waals surface area contributed by atoms with Gasteiger partial charge in [-0.25, -0.2) is 8.42 Å². The first-order valence-corrected chi connectivity index (χ1v) is 17.1. The third-order valence-corrected chi connectivity index (χ3v) is 9.96. The van der Waals surface area contributed by atoms with Crippen LogP contribution >= 0.6 is 34.8 Å². The van der Waals surface area contributed by atoms with Crippen molar-refractivity contribution < 1.29 is 18.0 Å². The molecule has 0 spiro atoms. The topological polar surface area (TPSA) is 86.8 Å². The Kier molecular flexibility index (Phi) is 12.3. The molecule has 2 amide bonds. The van der Waals surface area contributed by atoms with E-state index in [0.29, 0.717) is 27.2 Å². The molecule has 4 aromatic carbocycles. The van der Waals surface area contributed by atoms with Crippen LogP contribution in [0.1, 0.15) is 30.9 Å². The van der Waals surface area contributed by atoms with Crippen molar-refractivity contribution in [3.05, 3.63) is 129 Å². The predicted octanol–water partition coefficient (Wildman–Crippen LogP) is 7.40. The molecule has 7 nitrogen and oxygen atoms in total. The quantitative estimate of drug-likeness (QED) is 0.140. The van der Waals surface area contributed by atoms with Crippen LogP contribution in [0, 0.1) is 0 Å². The number of anilines is 1. The number of unbranched alkanes of at least 4 members (excludes halogenated alkanes) is 1. The maximum Gasteiger partial charge on any atom is 0.264 e. The SMILES string of the molecule is CCCCNC(=O)[C@@H](Cc1ccccc1)N(Cc1c(Cl)cccc1Cl)C(=O)CN(c1ccccc1)S(=O)(=O)c1ccc(Cl)cc1. The highest BCUT2D eigenvalue weighted by Crippen LogP contribution is 2.29. The Bertz CT molecular complexity index is 1670. The fourth-order valence-electron chi connectivity index (χ4n) is 4.77. The average molecular weight is 687 g/mol. The summed E-state index contributed by atoms with van der Waals surface area (Å²) < 4.78 is 29.1. The number of sulfonamides is 1. The van der Waals surface area contributed by atoms with Crippen molar-refractivity contribution in [1.29, 1.82) is 0 Å². The van der Waals surface area contributed by atoms with E-state index in [9.17, 15) is 18.0 Å². The lowest BCUT2D eigenvalue weighted by Crippen LogP contribution is -2.53. The van der Waals surface area contributed by atoms with Gasteiger partial charge in [-0.2, -0.15) is 0 Å². The van der Waals surface area contributed by atoms with Crippen molar-refractivity contribution in [3.63, 3.8) is 0 Å². The predicted molar refractivity (Wildman–Crippen MR) is 181 cm³/mol. The molecular weight excluding hydrogens is 653 g/mol. The van der Waals surface area contributed by atoms with Gasteiger partial charge in [0.25, 0.3) is 10.0 Å². The van der Waals surface area contributed by atoms with Crippen molar-refractivity contribution in [2.24, 2.45) is 0 Å². The van der Waals surface area contributed by atoms with E-state index in [1.807, 2.05) is 37.3 Å². The van der Waals surface area contributed by atoms with Crippen molar-refractivity contribution in [2.75, 3.05) is 17.4 Å². The van der Waals surface area contributed by atoms with E-state index in [2.05, 4.69) is 5.32 Å². The molecule has 0 aliphatic rings. The van der Waals surface area contributed by atoms with Gasteiger partial charge in [-0.1, -0.05) is 103 Å². The van der Waals surface area contributed by atoms with Gasteiger partial charge < -0.3 is 10.2 Å². The molecule has 0 radical (unpaired) electrons. The van der Waals surface area contributed by atoms with Crippen molar-refractivity contribution >= 4 is 62.3 Å². The molecule has 0 aliphatic carbocycles. The first-order chi connectivity index (χ1) is 21.6. The van der Waals surface area contributed by atoms with Crippen LogP contribution in [0.25, 0.3) is 0 Å². The van der Waals surface area contributed by atoms with Gasteiger partial charge in [0.15, 0.2) is 0 Å². The second-order valence-corrected chi connectivity index (χ2v) is 13.5. The maximum atomic E-state index is 14.5. The molecule has 0 saturated carbocycles. The normalized spacial score (nSPS) is 11.9. The summed E-state index contributed by atoms with van der Waals surface area (Å²) in [5.74, 6) is -0.977. The molecule has 1 N–H and O–H groups in total. The molecule has 4 rings (SSSR count). The van der Waals surface area contributed by atoms with Crippen LogP contribution < -0.4 is 9.62 Å². The number of para-hydroxylation sites is 1. The number of hydrogen-bond donors (Lipinski definition) is 1. The standard InChI is InChI=1S/C34H34Cl3N3O4S/c1-2-3-21-38-34(42)32(22-25-11-6-4-7-12-25)39(23-29-30(36)15-10-16-31(29)37)33(41)24-40(27-13-8-5-9-14-27)45(43,44)28-19-17-26(35)18-20-28/h4-20,32H,2-3,21-24H2,1H3,(H,38,42)/t32-/m1/s1. The van der Waals surface area contributed by atoms with E-state index in [-0.39, 0.29) is 29.5 Å². The zero-order chi connectivity index (χ0) is 32.4. The summed E-state index contributed by atoms with van der Waals surface area (Å²) >= 11 is 19.1. The third-order valence-electron chi connectivity index (χ3n) is 7.22. The van der Waals surface area contributed by atoms with Gasteiger partial charge in [0.2, 0.25) is 11.8 Å². The van der Waals surface area contributed by atoms with Crippen LogP contribution in [-0.2, 0) is 32.6 Å². The number of halogens is 3. The van der Waals surface area contributed by atoms with Gasteiger partial charge in [-0.3, -0.25) is 13.9 Å². The highest BCUT2D eigenvalue weighted by atomic mass is 35.5. The fourth-order valence-corrected chi connectivity index (χ4v) is 6.83. The summed E-state index contributed by atoms with van der Waals surface area (Å²) in [6.07, 6.45) is 1.81. The fraction of sp³-hybridized carbons (Fsp3) is 0.235. The van der Waals surface area contributed by atoms with Crippen LogP contribution in [0.15, 0.2) is 108 Å². The van der Waals surface area contributed by atoms with Crippen molar-refractivity contribution in [1.82, 2.24) is 10.2 Å². The number of nitrogens with zero attached hydrogens (tertiary/aromatic N) is 2. The summed E-state index contributed by atoms with van der Waals surface area (Å²) in [6, 6.07) is 27.4. The second kappa shape index (κ2) is 16.1. The van der Waals surface area contributed by atoms with Gasteiger partial charge in [-0.05, 0) is 60.5 Å². The number of benzene rings is 4. The maximum absolute atomic E-state index is 14.5. The Morgan fingerprint density at radius 3 is 2.00 bits per heavy atom. The van der Waals surface area contributed by atoms with Crippen molar-refractivity contribution in [2.45, 2.75) is 43.7 Å². The molecule has 0 aliphatic heterocycles. The van der Waals surface area contributed by atoms with Crippen LogP contribution in [0.5, 0.6) is 0 Å². The van der Waals surface area contributed by atoms with E-state index in [0.717, 1.165) is 22.7 Å². The van der Waals surface area contributed by atoms with Crippen molar-refractivity contribution in [3.8, 4) is 0 Å². The van der Waals surface area contributed by atoms with E-state index < -0.39 is 28.5 Å². The minimum Gasteiger partial charge on any atom is -0.354 e. The number of rotatable bonds is 14. The molecule has 1 atom stereocenters. The molecule has 0 aromatic heterocycles. The summed E-state index contributed by atoms with van der Waals surface area (Å²) in [7, 11) is -4.24. The Balaban J connectivity index is 1.80. The van der Waals surface area contributed by atoms with E-state index in [1.165, 1.54) is 29.2 Å². The minimum atomic E-state index is -4.24. The van der Waals surface area contributed by atoms with Crippen LogP contribution in [0.2, 0.25) is 15.1 Å². The molecule has 236 valence electrons. The van der Waals surface area contributed by atoms with Gasteiger partial charge in [-0.15, -0.1) is 0 Å². The number of carbonyl (C=O) groups excluding carboxylic acids is 2. The lowest BCUT2D eigenvalue weighted by atomic mass is 10.0. The highest BCUT2D eigenvalue weighted by molar-refractivity contribution is 7.92. The zero-order valence-corrected chi connectivity index (χ0v) is 27.8. The Morgan fingerprint density at radius 2 is 1.40 bits per heavy atom. The van der Waals surface area contributed by atoms with Crippen LogP contribution in [-0.4, -0.2) is 44.3 Å². The minimum absolute atomic E-state index is 0.0394. The summed E-state index contributed by atoms with van der Waals surface area (Å²) in [5.41, 5.74) is 1.55. The largest absolute Gasteiger partial charge is 0.354 e. The number of carbonyl (C=O) groups is 2. The third kappa shape index (κ3) is 9.01. The van der Waals surface area contributed by atoms with E-state index in [4.69, 9.17) is 34.8 Å². The average Bonchev–Trinajstić information content (AvgIpc) is 3.03. The van der Waals surface area contributed by atoms with Crippen LogP contribution in [0.4, 0.5) is 5.69 Å². The smallest absolute Gasteiger partial charge is 0.264 e. The second-order valence-electron chi connectivity index (χ2n) is 10.4. The summed E-state index contributed by atoms with van der Waals surface area (Å²) in [6.45, 7) is 1.73. The molecule has 0 bridgehead atoms. The molecule has 4 aromatic rings. The van der Waals surface area contributed by atoms with Gasteiger partial charge in [0.1, 0.15) is 12.6 Å². The molecule has 11 heteroatoms. The Hall–Kier alpha value is -3.56. The monoisotopic (exact) mass is 685 g/mol. The molecule has 45 heavy (non-hydrogen) atoms. The summed E-state index contributed by atoms with van der Waals surface area (Å²) in [4.78, 5) is 29.6. The number of hydrogen-bond acceptors (Lipinski definition) is 4. The molecule has 0 unspecified atom stereocenters. The summed E-state index contributed by atoms with van der Waals surface area (Å²) in [5, 5.41) is 3.97. The van der Waals surface area contributed by atoms with Gasteiger partial charge in [0.05, 0.1) is 10.6 Å². The first kappa shape index (κ1) is 34.3. The van der Waals surface area contributed by atoms with E-state index in [1.54, 1.807) is 48.5 Å². The van der Waals surface area contributed by atoms with E-state index >= 15 is 0 Å².